The second-order valence-corrected chi connectivity index (χ2v) is 8.01. The first kappa shape index (κ1) is 20.5. The number of nitrogens with zero attached hydrogens (tertiary/aromatic N) is 3. The first-order chi connectivity index (χ1) is 13.5. The van der Waals surface area contributed by atoms with Crippen LogP contribution >= 0.6 is 0 Å². The van der Waals surface area contributed by atoms with Crippen LogP contribution in [-0.4, -0.2) is 48.7 Å². The van der Waals surface area contributed by atoms with Crippen LogP contribution in [0.4, 0.5) is 4.79 Å². The molecule has 0 radical (unpaired) electrons. The number of nitrogens with one attached hydrogen (secondary N) is 1. The summed E-state index contributed by atoms with van der Waals surface area (Å²) in [7, 11) is -4.16. The van der Waals surface area contributed by atoms with E-state index < -0.39 is 46.2 Å². The molecule has 152 valence electrons. The van der Waals surface area contributed by atoms with Crippen molar-refractivity contribution in [3.63, 3.8) is 0 Å². The lowest BCUT2D eigenvalue weighted by atomic mass is 9.84. The Hall–Kier alpha value is -3.25. The van der Waals surface area contributed by atoms with E-state index in [1.165, 1.54) is 6.07 Å². The summed E-state index contributed by atoms with van der Waals surface area (Å²) < 4.78 is 28.5. The van der Waals surface area contributed by atoms with E-state index in [1.54, 1.807) is 0 Å². The van der Waals surface area contributed by atoms with Gasteiger partial charge in [-0.2, -0.15) is 8.42 Å². The molecular formula is C16H14N4O8S. The van der Waals surface area contributed by atoms with Crippen molar-refractivity contribution in [1.82, 2.24) is 5.32 Å². The third-order valence-corrected chi connectivity index (χ3v) is 5.19. The maximum Gasteiger partial charge on any atom is 0.405 e. The zero-order chi connectivity index (χ0) is 21.6. The minimum atomic E-state index is -4.16. The molecule has 0 aromatic heterocycles. The van der Waals surface area contributed by atoms with Crippen LogP contribution < -0.4 is 5.32 Å². The quantitative estimate of drug-likeness (QED) is 0.267. The van der Waals surface area contributed by atoms with Crippen LogP contribution in [0.15, 0.2) is 23.3 Å². The summed E-state index contributed by atoms with van der Waals surface area (Å²) in [6.45, 7) is -0.712. The number of fused-ring (bicyclic) bond motifs is 3. The molecule has 0 bridgehead atoms. The van der Waals surface area contributed by atoms with Gasteiger partial charge in [-0.05, 0) is 40.4 Å². The SMILES string of the molecule is CS(=O)(=O)OC1Cc2c3c(cc(CO)c2C1(N=[N+]=[N-])NC(=O)O)C(=O)C=CC3=O. The molecule has 0 aliphatic heterocycles. The van der Waals surface area contributed by atoms with Crippen LogP contribution in [0.1, 0.15) is 37.4 Å². The molecule has 29 heavy (non-hydrogen) atoms. The van der Waals surface area contributed by atoms with Gasteiger partial charge in [0.05, 0.1) is 12.9 Å². The second kappa shape index (κ2) is 6.97. The van der Waals surface area contributed by atoms with Crippen LogP contribution in [0.5, 0.6) is 0 Å². The van der Waals surface area contributed by atoms with Crippen molar-refractivity contribution in [2.24, 2.45) is 5.11 Å². The van der Waals surface area contributed by atoms with E-state index in [9.17, 15) is 33.0 Å². The number of ketones is 2. The van der Waals surface area contributed by atoms with Crippen LogP contribution in [0, 0.1) is 0 Å². The second-order valence-electron chi connectivity index (χ2n) is 6.41. The predicted octanol–water partition coefficient (Wildman–Crippen LogP) is 0.746. The van der Waals surface area contributed by atoms with Crippen molar-refractivity contribution in [1.29, 1.82) is 0 Å². The average Bonchev–Trinajstić information content (AvgIpc) is 2.89. The molecule has 0 fully saturated rings. The smallest absolute Gasteiger partial charge is 0.405 e. The minimum absolute atomic E-state index is 0.0176. The number of aliphatic hydroxyl groups is 1. The van der Waals surface area contributed by atoms with Gasteiger partial charge in [-0.15, -0.1) is 0 Å². The zero-order valence-corrected chi connectivity index (χ0v) is 15.6. The molecule has 3 N–H and O–H groups in total. The molecule has 2 aliphatic carbocycles. The molecular weight excluding hydrogens is 408 g/mol. The molecule has 0 heterocycles. The molecule has 12 nitrogen and oxygen atoms in total. The monoisotopic (exact) mass is 422 g/mol. The molecule has 2 atom stereocenters. The number of carbonyl (C=O) groups excluding carboxylic acids is 2. The van der Waals surface area contributed by atoms with Crippen molar-refractivity contribution in [2.45, 2.75) is 24.8 Å². The highest BCUT2D eigenvalue weighted by Gasteiger charge is 2.53. The van der Waals surface area contributed by atoms with Crippen molar-refractivity contribution in [3.05, 3.63) is 56.5 Å². The summed E-state index contributed by atoms with van der Waals surface area (Å²) >= 11 is 0. The zero-order valence-electron chi connectivity index (χ0n) is 14.8. The van der Waals surface area contributed by atoms with Crippen LogP contribution in [-0.2, 0) is 33.0 Å². The highest BCUT2D eigenvalue weighted by atomic mass is 32.2. The number of benzene rings is 1. The molecule has 2 unspecified atom stereocenters. The third kappa shape index (κ3) is 3.36. The van der Waals surface area contributed by atoms with E-state index in [4.69, 9.17) is 9.71 Å². The number of carbonyl (C=O) groups is 3. The van der Waals surface area contributed by atoms with Gasteiger partial charge >= 0.3 is 6.09 Å². The van der Waals surface area contributed by atoms with E-state index in [0.29, 0.717) is 0 Å². The van der Waals surface area contributed by atoms with Gasteiger partial charge in [0.25, 0.3) is 10.1 Å². The molecule has 0 saturated carbocycles. The Morgan fingerprint density at radius 2 is 2.07 bits per heavy atom. The van der Waals surface area contributed by atoms with Crippen LogP contribution in [0.2, 0.25) is 0 Å². The van der Waals surface area contributed by atoms with Crippen molar-refractivity contribution in [2.75, 3.05) is 6.26 Å². The topological polar surface area (TPSA) is 196 Å². The number of amides is 1. The first-order valence-electron chi connectivity index (χ1n) is 8.06. The molecule has 1 amide bonds. The number of aliphatic hydroxyl groups excluding tert-OH is 1. The lowest BCUT2D eigenvalue weighted by molar-refractivity contribution is 0.0976. The maximum atomic E-state index is 12.5. The van der Waals surface area contributed by atoms with Crippen molar-refractivity contribution < 1.29 is 37.2 Å². The first-order valence-corrected chi connectivity index (χ1v) is 9.88. The lowest BCUT2D eigenvalue weighted by Crippen LogP contribution is -2.51. The number of carboxylic acid groups (broad SMARTS) is 1. The van der Waals surface area contributed by atoms with E-state index in [-0.39, 0.29) is 34.2 Å². The van der Waals surface area contributed by atoms with E-state index in [0.717, 1.165) is 18.4 Å². The largest absolute Gasteiger partial charge is 0.465 e. The van der Waals surface area contributed by atoms with E-state index >= 15 is 0 Å². The van der Waals surface area contributed by atoms with Gasteiger partial charge in [-0.25, -0.2) is 4.79 Å². The van der Waals surface area contributed by atoms with Gasteiger partial charge < -0.3 is 15.5 Å². The molecule has 1 aromatic carbocycles. The van der Waals surface area contributed by atoms with Crippen LogP contribution in [0.25, 0.3) is 10.4 Å². The van der Waals surface area contributed by atoms with Gasteiger partial charge in [-0.3, -0.25) is 13.8 Å². The Kier molecular flexibility index (Phi) is 4.92. The summed E-state index contributed by atoms with van der Waals surface area (Å²) in [6.07, 6.45) is -0.842. The summed E-state index contributed by atoms with van der Waals surface area (Å²) in [4.78, 5) is 38.8. The molecule has 1 aromatic rings. The Morgan fingerprint density at radius 1 is 1.41 bits per heavy atom. The fraction of sp³-hybridized carbons (Fsp3) is 0.312. The Balaban J connectivity index is 2.41. The fourth-order valence-corrected chi connectivity index (χ4v) is 4.36. The normalized spacial score (nSPS) is 22.6. The fourth-order valence-electron chi connectivity index (χ4n) is 3.73. The molecule has 0 spiro atoms. The number of hydrogen-bond acceptors (Lipinski definition) is 8. The van der Waals surface area contributed by atoms with Gasteiger partial charge in [0.15, 0.2) is 17.2 Å². The van der Waals surface area contributed by atoms with Gasteiger partial charge in [0.1, 0.15) is 6.10 Å². The van der Waals surface area contributed by atoms with E-state index in [2.05, 4.69) is 10.0 Å². The minimum Gasteiger partial charge on any atom is -0.465 e. The summed E-state index contributed by atoms with van der Waals surface area (Å²) in [5, 5.41) is 24.6. The Morgan fingerprint density at radius 3 is 2.62 bits per heavy atom. The molecule has 13 heteroatoms. The number of rotatable bonds is 5. The molecule has 0 saturated heterocycles. The van der Waals surface area contributed by atoms with Gasteiger partial charge in [-0.1, -0.05) is 5.11 Å². The number of hydrogen-bond donors (Lipinski definition) is 3. The van der Waals surface area contributed by atoms with Crippen LogP contribution in [0.3, 0.4) is 0 Å². The van der Waals surface area contributed by atoms with E-state index in [1.807, 2.05) is 5.32 Å². The standard InChI is InChI=1S/C16H14N4O8S/c1-29(26,27)28-12-5-9-13-8(10(22)2-3-11(13)23)4-7(6-21)14(9)16(12,19-20-17)18-15(24)25/h2-4,12,18,21H,5-6H2,1H3,(H,24,25). The highest BCUT2D eigenvalue weighted by Crippen LogP contribution is 2.46. The van der Waals surface area contributed by atoms with Gasteiger partial charge in [0, 0.05) is 22.5 Å². The Bertz CT molecular complexity index is 1140. The molecule has 2 aliphatic rings. The summed E-state index contributed by atoms with van der Waals surface area (Å²) in [6, 6.07) is 1.19. The summed E-state index contributed by atoms with van der Waals surface area (Å²) in [5.74, 6) is -1.10. The predicted molar refractivity (Wildman–Crippen MR) is 95.6 cm³/mol. The molecule has 3 rings (SSSR count). The lowest BCUT2D eigenvalue weighted by Gasteiger charge is -2.32. The third-order valence-electron chi connectivity index (χ3n) is 4.61. The number of azide groups is 1. The average molecular weight is 422 g/mol. The highest BCUT2D eigenvalue weighted by molar-refractivity contribution is 7.86. The Labute approximate surface area is 163 Å². The maximum absolute atomic E-state index is 12.5. The van der Waals surface area contributed by atoms with Gasteiger partial charge in [0.2, 0.25) is 0 Å². The number of allylic oxidation sites excluding steroid dienone is 2. The van der Waals surface area contributed by atoms with Crippen molar-refractivity contribution >= 4 is 27.8 Å². The van der Waals surface area contributed by atoms with Crippen molar-refractivity contribution in [3.8, 4) is 0 Å². The summed E-state index contributed by atoms with van der Waals surface area (Å²) in [5.41, 5.74) is 6.57.